The Balaban J connectivity index is 1.44. The molecule has 29 heavy (non-hydrogen) atoms. The standard InChI is InChI=1S/C20H13ClN4O4/c21-14-4-2-1-3-13(14)20-22-18(29-24-20)10-25-19(26)8-6-15(23-25)12-5-7-16-17(9-12)28-11-27-16/h1-9H,10-11H2. The highest BCUT2D eigenvalue weighted by Crippen LogP contribution is 2.35. The van der Waals surface area contributed by atoms with E-state index in [0.29, 0.717) is 33.6 Å². The molecule has 8 nitrogen and oxygen atoms in total. The van der Waals surface area contributed by atoms with Crippen LogP contribution < -0.4 is 15.0 Å². The van der Waals surface area contributed by atoms with Crippen molar-refractivity contribution in [1.29, 1.82) is 0 Å². The number of rotatable bonds is 4. The lowest BCUT2D eigenvalue weighted by molar-refractivity contribution is 0.174. The van der Waals surface area contributed by atoms with Gasteiger partial charge in [-0.1, -0.05) is 28.9 Å². The highest BCUT2D eigenvalue weighted by atomic mass is 35.5. The van der Waals surface area contributed by atoms with Crippen molar-refractivity contribution in [3.05, 3.63) is 75.9 Å². The van der Waals surface area contributed by atoms with Crippen LogP contribution in [0.5, 0.6) is 11.5 Å². The van der Waals surface area contributed by atoms with E-state index in [0.717, 1.165) is 5.56 Å². The molecule has 0 N–H and O–H groups in total. The highest BCUT2D eigenvalue weighted by Gasteiger charge is 2.16. The fraction of sp³-hybridized carbons (Fsp3) is 0.100. The first-order valence-electron chi connectivity index (χ1n) is 8.73. The van der Waals surface area contributed by atoms with Crippen LogP contribution in [0, 0.1) is 0 Å². The molecule has 4 aromatic rings. The quantitative estimate of drug-likeness (QED) is 0.511. The van der Waals surface area contributed by atoms with E-state index in [9.17, 15) is 4.79 Å². The van der Waals surface area contributed by atoms with Crippen molar-refractivity contribution in [3.63, 3.8) is 0 Å². The molecule has 144 valence electrons. The fourth-order valence-corrected chi connectivity index (χ4v) is 3.19. The lowest BCUT2D eigenvalue weighted by Crippen LogP contribution is -2.23. The van der Waals surface area contributed by atoms with Gasteiger partial charge in [0.05, 0.1) is 10.7 Å². The SMILES string of the molecule is O=c1ccc(-c2ccc3c(c2)OCO3)nn1Cc1nc(-c2ccccc2Cl)no1. The zero-order valence-corrected chi connectivity index (χ0v) is 15.7. The number of halogens is 1. The summed E-state index contributed by atoms with van der Waals surface area (Å²) < 4.78 is 17.3. The lowest BCUT2D eigenvalue weighted by atomic mass is 10.1. The number of ether oxygens (including phenoxy) is 2. The van der Waals surface area contributed by atoms with Crippen molar-refractivity contribution < 1.29 is 14.0 Å². The van der Waals surface area contributed by atoms with Crippen LogP contribution >= 0.6 is 11.6 Å². The molecule has 3 heterocycles. The average molecular weight is 409 g/mol. The first-order valence-corrected chi connectivity index (χ1v) is 9.11. The van der Waals surface area contributed by atoms with Crippen LogP contribution in [0.15, 0.2) is 63.9 Å². The Bertz CT molecular complexity index is 1270. The predicted octanol–water partition coefficient (Wildman–Crippen LogP) is 3.39. The molecule has 5 rings (SSSR count). The number of nitrogens with zero attached hydrogens (tertiary/aromatic N) is 4. The van der Waals surface area contributed by atoms with Crippen LogP contribution in [0.3, 0.4) is 0 Å². The molecular formula is C20H13ClN4O4. The normalized spacial score (nSPS) is 12.3. The average Bonchev–Trinajstić information content (AvgIpc) is 3.39. The maximum absolute atomic E-state index is 12.3. The van der Waals surface area contributed by atoms with E-state index >= 15 is 0 Å². The minimum Gasteiger partial charge on any atom is -0.454 e. The molecule has 0 unspecified atom stereocenters. The van der Waals surface area contributed by atoms with Crippen LogP contribution in [0.4, 0.5) is 0 Å². The van der Waals surface area contributed by atoms with E-state index in [-0.39, 0.29) is 24.8 Å². The van der Waals surface area contributed by atoms with E-state index < -0.39 is 0 Å². The molecule has 0 radical (unpaired) electrons. The van der Waals surface area contributed by atoms with Gasteiger partial charge in [0.1, 0.15) is 6.54 Å². The zero-order valence-electron chi connectivity index (χ0n) is 14.9. The highest BCUT2D eigenvalue weighted by molar-refractivity contribution is 6.33. The predicted molar refractivity (Wildman–Crippen MR) is 104 cm³/mol. The van der Waals surface area contributed by atoms with E-state index in [1.54, 1.807) is 18.2 Å². The van der Waals surface area contributed by atoms with Crippen molar-refractivity contribution in [2.24, 2.45) is 0 Å². The molecule has 0 saturated heterocycles. The zero-order chi connectivity index (χ0) is 19.8. The summed E-state index contributed by atoms with van der Waals surface area (Å²) in [5, 5.41) is 8.88. The Morgan fingerprint density at radius 1 is 1.03 bits per heavy atom. The second kappa shape index (κ2) is 7.06. The van der Waals surface area contributed by atoms with Crippen LogP contribution in [-0.4, -0.2) is 26.7 Å². The summed E-state index contributed by atoms with van der Waals surface area (Å²) in [5.74, 6) is 1.92. The third-order valence-corrected chi connectivity index (χ3v) is 4.73. The number of fused-ring (bicyclic) bond motifs is 1. The van der Waals surface area contributed by atoms with Crippen LogP contribution in [0.1, 0.15) is 5.89 Å². The maximum Gasteiger partial charge on any atom is 0.267 e. The van der Waals surface area contributed by atoms with Gasteiger partial charge in [-0.25, -0.2) is 4.68 Å². The van der Waals surface area contributed by atoms with Crippen molar-refractivity contribution in [1.82, 2.24) is 19.9 Å². The minimum absolute atomic E-state index is 0.0364. The Hall–Kier alpha value is -3.65. The van der Waals surface area contributed by atoms with Crippen molar-refractivity contribution in [2.75, 3.05) is 6.79 Å². The smallest absolute Gasteiger partial charge is 0.267 e. The summed E-state index contributed by atoms with van der Waals surface area (Å²) in [5.41, 5.74) is 1.77. The molecule has 0 amide bonds. The van der Waals surface area contributed by atoms with Crippen molar-refractivity contribution in [3.8, 4) is 34.1 Å². The van der Waals surface area contributed by atoms with E-state index in [4.69, 9.17) is 25.6 Å². The first-order chi connectivity index (χ1) is 14.2. The van der Waals surface area contributed by atoms with Gasteiger partial charge in [-0.3, -0.25) is 4.79 Å². The van der Waals surface area contributed by atoms with Gasteiger partial charge in [-0.05, 0) is 36.4 Å². The summed E-state index contributed by atoms with van der Waals surface area (Å²) in [6, 6.07) is 15.8. The fourth-order valence-electron chi connectivity index (χ4n) is 2.97. The third kappa shape index (κ3) is 3.34. The molecule has 1 aliphatic heterocycles. The molecule has 0 fully saturated rings. The maximum atomic E-state index is 12.3. The van der Waals surface area contributed by atoms with E-state index in [2.05, 4.69) is 15.2 Å². The van der Waals surface area contributed by atoms with Gasteiger partial charge in [0.15, 0.2) is 11.5 Å². The molecule has 0 saturated carbocycles. The summed E-state index contributed by atoms with van der Waals surface area (Å²) in [7, 11) is 0. The van der Waals surface area contributed by atoms with Gasteiger partial charge in [-0.2, -0.15) is 10.1 Å². The second-order valence-corrected chi connectivity index (χ2v) is 6.68. The summed E-state index contributed by atoms with van der Waals surface area (Å²) in [4.78, 5) is 16.6. The molecule has 0 spiro atoms. The number of hydrogen-bond acceptors (Lipinski definition) is 7. The molecule has 2 aromatic heterocycles. The Labute approximate surface area is 169 Å². The lowest BCUT2D eigenvalue weighted by Gasteiger charge is -2.06. The van der Waals surface area contributed by atoms with Gasteiger partial charge < -0.3 is 14.0 Å². The number of aromatic nitrogens is 4. The molecule has 0 atom stereocenters. The molecule has 0 aliphatic carbocycles. The number of hydrogen-bond donors (Lipinski definition) is 0. The van der Waals surface area contributed by atoms with Gasteiger partial charge in [0.25, 0.3) is 5.56 Å². The van der Waals surface area contributed by atoms with Crippen LogP contribution in [0.2, 0.25) is 5.02 Å². The Kier molecular flexibility index (Phi) is 4.25. The third-order valence-electron chi connectivity index (χ3n) is 4.40. The first kappa shape index (κ1) is 17.4. The van der Waals surface area contributed by atoms with Crippen molar-refractivity contribution in [2.45, 2.75) is 6.54 Å². The molecule has 1 aliphatic rings. The van der Waals surface area contributed by atoms with Gasteiger partial charge in [0, 0.05) is 17.2 Å². The Morgan fingerprint density at radius 2 is 1.90 bits per heavy atom. The number of benzene rings is 2. The van der Waals surface area contributed by atoms with E-state index in [1.807, 2.05) is 30.3 Å². The van der Waals surface area contributed by atoms with Gasteiger partial charge in [-0.15, -0.1) is 0 Å². The van der Waals surface area contributed by atoms with Crippen LogP contribution in [0.25, 0.3) is 22.6 Å². The Morgan fingerprint density at radius 3 is 2.79 bits per heavy atom. The molecule has 9 heteroatoms. The summed E-state index contributed by atoms with van der Waals surface area (Å²) >= 11 is 6.17. The van der Waals surface area contributed by atoms with Crippen molar-refractivity contribution >= 4 is 11.6 Å². The monoisotopic (exact) mass is 408 g/mol. The molecule has 0 bridgehead atoms. The summed E-state index contributed by atoms with van der Waals surface area (Å²) in [6.07, 6.45) is 0. The van der Waals surface area contributed by atoms with E-state index in [1.165, 1.54) is 10.7 Å². The second-order valence-electron chi connectivity index (χ2n) is 6.27. The van der Waals surface area contributed by atoms with Crippen LogP contribution in [-0.2, 0) is 6.54 Å². The molecule has 2 aromatic carbocycles. The topological polar surface area (TPSA) is 92.3 Å². The largest absolute Gasteiger partial charge is 0.454 e. The molecular weight excluding hydrogens is 396 g/mol. The minimum atomic E-state index is -0.285. The van der Waals surface area contributed by atoms with Gasteiger partial charge >= 0.3 is 0 Å². The van der Waals surface area contributed by atoms with Gasteiger partial charge in [0.2, 0.25) is 18.5 Å². The summed E-state index contributed by atoms with van der Waals surface area (Å²) in [6.45, 7) is 0.227.